The van der Waals surface area contributed by atoms with Crippen LogP contribution in [0.25, 0.3) is 11.1 Å². The Kier molecular flexibility index (Phi) is 6.60. The van der Waals surface area contributed by atoms with E-state index in [0.29, 0.717) is 22.0 Å². The number of hydrogen-bond donors (Lipinski definition) is 2. The van der Waals surface area contributed by atoms with E-state index in [4.69, 9.17) is 16.0 Å². The molecule has 3 rings (SSSR count). The summed E-state index contributed by atoms with van der Waals surface area (Å²) in [6.07, 6.45) is 3.55. The first-order valence-corrected chi connectivity index (χ1v) is 12.4. The van der Waals surface area contributed by atoms with E-state index < -0.39 is 20.5 Å². The van der Waals surface area contributed by atoms with E-state index >= 15 is 0 Å². The summed E-state index contributed by atoms with van der Waals surface area (Å²) in [5.74, 6) is 0.0431. The van der Waals surface area contributed by atoms with Gasteiger partial charge in [0, 0.05) is 24.3 Å². The third-order valence-electron chi connectivity index (χ3n) is 5.76. The van der Waals surface area contributed by atoms with Gasteiger partial charge in [0.2, 0.25) is 10.0 Å². The molecule has 2 N–H and O–H groups in total. The number of nitrogens with zero attached hydrogens (tertiary/aromatic N) is 1. The topological polar surface area (TPSA) is 93.3 Å². The number of sulfonamides is 1. The van der Waals surface area contributed by atoms with Gasteiger partial charge in [0.25, 0.3) is 0 Å². The molecule has 1 aliphatic rings. The minimum atomic E-state index is -3.32. The second-order valence-electron chi connectivity index (χ2n) is 9.47. The Bertz CT molecular complexity index is 1060. The van der Waals surface area contributed by atoms with Gasteiger partial charge in [0.05, 0.1) is 15.3 Å². The summed E-state index contributed by atoms with van der Waals surface area (Å²) in [4.78, 5) is 12.1. The van der Waals surface area contributed by atoms with Crippen LogP contribution in [0.15, 0.2) is 21.3 Å². The van der Waals surface area contributed by atoms with Crippen LogP contribution in [0.3, 0.4) is 0 Å². The molecule has 0 amide bonds. The summed E-state index contributed by atoms with van der Waals surface area (Å²) in [5.41, 5.74) is 1.94. The maximum atomic E-state index is 12.4. The van der Waals surface area contributed by atoms with Gasteiger partial charge in [-0.25, -0.2) is 17.9 Å². The number of aromatic nitrogens is 1. The number of oxazole rings is 1. The molecule has 0 saturated heterocycles. The smallest absolute Gasteiger partial charge is 0.406 e. The molecule has 30 heavy (non-hydrogen) atoms. The minimum absolute atomic E-state index is 0.00248. The third kappa shape index (κ3) is 4.86. The highest BCUT2D eigenvalue weighted by Gasteiger charge is 2.32. The zero-order valence-corrected chi connectivity index (χ0v) is 19.9. The molecular weight excluding hydrogens is 426 g/mol. The Balaban J connectivity index is 1.62. The molecule has 1 aromatic carbocycles. The average Bonchev–Trinajstić information content (AvgIpc) is 2.96. The molecule has 0 radical (unpaired) electrons. The first kappa shape index (κ1) is 23.2. The Labute approximate surface area is 183 Å². The fraction of sp³-hybridized carbons (Fsp3) is 0.667. The van der Waals surface area contributed by atoms with Gasteiger partial charge in [0.15, 0.2) is 5.58 Å². The van der Waals surface area contributed by atoms with Gasteiger partial charge in [-0.15, -0.1) is 0 Å². The molecule has 0 bridgehead atoms. The second-order valence-corrected chi connectivity index (χ2v) is 12.3. The van der Waals surface area contributed by atoms with Crippen molar-refractivity contribution in [3.8, 4) is 0 Å². The number of halogens is 1. The molecule has 9 heteroatoms. The highest BCUT2D eigenvalue weighted by molar-refractivity contribution is 7.90. The lowest BCUT2D eigenvalue weighted by Gasteiger charge is -2.31. The maximum absolute atomic E-state index is 12.4. The van der Waals surface area contributed by atoms with Gasteiger partial charge in [-0.2, -0.15) is 0 Å². The van der Waals surface area contributed by atoms with Crippen molar-refractivity contribution < 1.29 is 12.8 Å². The molecule has 0 spiro atoms. The van der Waals surface area contributed by atoms with Crippen molar-refractivity contribution in [3.63, 3.8) is 0 Å². The van der Waals surface area contributed by atoms with E-state index in [2.05, 4.69) is 10.0 Å². The number of hydrogen-bond acceptors (Lipinski definition) is 5. The van der Waals surface area contributed by atoms with Gasteiger partial charge >= 0.3 is 5.76 Å². The quantitative estimate of drug-likeness (QED) is 0.665. The van der Waals surface area contributed by atoms with Crippen LogP contribution in [0, 0.1) is 5.92 Å². The van der Waals surface area contributed by atoms with Crippen LogP contribution in [-0.2, 0) is 10.0 Å². The molecule has 1 fully saturated rings. The zero-order chi connectivity index (χ0) is 22.3. The number of anilines is 1. The number of benzene rings is 1. The SMILES string of the molecule is CC(C)n1c(=O)oc2c(Cl)cc(NCC3CCC(NS(=O)(=O)C(C)(C)C)CC3)cc21. The van der Waals surface area contributed by atoms with E-state index in [1.165, 1.54) is 0 Å². The molecule has 1 aromatic heterocycles. The van der Waals surface area contributed by atoms with Crippen LogP contribution in [0.4, 0.5) is 5.69 Å². The van der Waals surface area contributed by atoms with Crippen LogP contribution >= 0.6 is 11.6 Å². The number of nitrogens with one attached hydrogen (secondary N) is 2. The van der Waals surface area contributed by atoms with Crippen molar-refractivity contribution in [1.82, 2.24) is 9.29 Å². The van der Waals surface area contributed by atoms with E-state index in [1.807, 2.05) is 19.9 Å². The van der Waals surface area contributed by atoms with E-state index in [9.17, 15) is 13.2 Å². The molecule has 0 atom stereocenters. The third-order valence-corrected chi connectivity index (χ3v) is 8.29. The highest BCUT2D eigenvalue weighted by atomic mass is 35.5. The average molecular weight is 458 g/mol. The minimum Gasteiger partial charge on any atom is -0.406 e. The highest BCUT2D eigenvalue weighted by Crippen LogP contribution is 2.30. The summed E-state index contributed by atoms with van der Waals surface area (Å²) in [6, 6.07) is 3.65. The molecule has 1 saturated carbocycles. The fourth-order valence-electron chi connectivity index (χ4n) is 3.83. The lowest BCUT2D eigenvalue weighted by atomic mass is 9.86. The van der Waals surface area contributed by atoms with Gasteiger partial charge in [-0.1, -0.05) is 11.6 Å². The summed E-state index contributed by atoms with van der Waals surface area (Å²) in [6.45, 7) is 9.76. The monoisotopic (exact) mass is 457 g/mol. The van der Waals surface area contributed by atoms with Crippen molar-refractivity contribution in [2.75, 3.05) is 11.9 Å². The van der Waals surface area contributed by atoms with Crippen LogP contribution in [0.5, 0.6) is 0 Å². The predicted molar refractivity (Wildman–Crippen MR) is 122 cm³/mol. The van der Waals surface area contributed by atoms with Crippen LogP contribution in [-0.4, -0.2) is 30.3 Å². The van der Waals surface area contributed by atoms with Crippen LogP contribution in [0.1, 0.15) is 66.3 Å². The normalized spacial score (nSPS) is 20.8. The summed E-state index contributed by atoms with van der Waals surface area (Å²) < 4.78 is 33.7. The summed E-state index contributed by atoms with van der Waals surface area (Å²) in [5, 5.41) is 3.84. The molecule has 1 heterocycles. The van der Waals surface area contributed by atoms with Crippen LogP contribution in [0.2, 0.25) is 5.02 Å². The molecular formula is C21H32ClN3O4S. The van der Waals surface area contributed by atoms with Crippen molar-refractivity contribution >= 4 is 38.4 Å². The Morgan fingerprint density at radius 1 is 1.20 bits per heavy atom. The molecule has 1 aliphatic carbocycles. The van der Waals surface area contributed by atoms with Crippen molar-refractivity contribution in [1.29, 1.82) is 0 Å². The molecule has 168 valence electrons. The lowest BCUT2D eigenvalue weighted by Crippen LogP contribution is -2.46. The van der Waals surface area contributed by atoms with E-state index in [0.717, 1.165) is 37.9 Å². The van der Waals surface area contributed by atoms with Crippen molar-refractivity contribution in [3.05, 3.63) is 27.7 Å². The Hall–Kier alpha value is -1.51. The van der Waals surface area contributed by atoms with E-state index in [-0.39, 0.29) is 12.1 Å². The predicted octanol–water partition coefficient (Wildman–Crippen LogP) is 4.52. The van der Waals surface area contributed by atoms with Gasteiger partial charge in [0.1, 0.15) is 0 Å². The van der Waals surface area contributed by atoms with Crippen LogP contribution < -0.4 is 15.8 Å². The summed E-state index contributed by atoms with van der Waals surface area (Å²) >= 11 is 6.34. The standard InChI is InChI=1S/C21H32ClN3O4S/c1-13(2)25-18-11-16(10-17(22)19(18)29-20(25)26)23-12-14-6-8-15(9-7-14)24-30(27,28)21(3,4)5/h10-11,13-15,23-24H,6-9,12H2,1-5H3. The first-order valence-electron chi connectivity index (χ1n) is 10.5. The van der Waals surface area contributed by atoms with E-state index in [1.54, 1.807) is 31.4 Å². The zero-order valence-electron chi connectivity index (χ0n) is 18.3. The molecule has 0 unspecified atom stereocenters. The molecule has 7 nitrogen and oxygen atoms in total. The lowest BCUT2D eigenvalue weighted by molar-refractivity contribution is 0.322. The van der Waals surface area contributed by atoms with Gasteiger partial charge in [-0.05, 0) is 78.4 Å². The molecule has 0 aliphatic heterocycles. The van der Waals surface area contributed by atoms with Gasteiger partial charge in [-0.3, -0.25) is 4.57 Å². The second kappa shape index (κ2) is 8.55. The Morgan fingerprint density at radius 2 is 1.83 bits per heavy atom. The van der Waals surface area contributed by atoms with Crippen molar-refractivity contribution in [2.24, 2.45) is 5.92 Å². The Morgan fingerprint density at radius 3 is 2.40 bits per heavy atom. The first-order chi connectivity index (χ1) is 13.9. The number of fused-ring (bicyclic) bond motifs is 1. The fourth-order valence-corrected chi connectivity index (χ4v) is 5.11. The van der Waals surface area contributed by atoms with Gasteiger partial charge < -0.3 is 9.73 Å². The summed E-state index contributed by atoms with van der Waals surface area (Å²) in [7, 11) is -3.32. The number of rotatable bonds is 6. The largest absolute Gasteiger partial charge is 0.420 e. The maximum Gasteiger partial charge on any atom is 0.420 e. The molecule has 2 aromatic rings. The van der Waals surface area contributed by atoms with Crippen molar-refractivity contribution in [2.45, 2.75) is 77.1 Å².